The maximum atomic E-state index is 7.13. The first-order valence-corrected chi connectivity index (χ1v) is 30.3. The minimum atomic E-state index is -0.158. The number of hydrogen-bond acceptors (Lipinski definition) is 4. The van der Waals surface area contributed by atoms with Crippen LogP contribution in [0, 0.1) is 15.9 Å². The molecule has 85 heavy (non-hydrogen) atoms. The molecule has 7 heteroatoms. The van der Waals surface area contributed by atoms with Crippen LogP contribution in [0.4, 0.5) is 34.3 Å². The third-order valence-corrected chi connectivity index (χ3v) is 17.3. The van der Waals surface area contributed by atoms with Gasteiger partial charge in [-0.05, 0) is 58.4 Å². The summed E-state index contributed by atoms with van der Waals surface area (Å²) in [7, 11) is 0. The minimum absolute atomic E-state index is 0.104. The third-order valence-electron chi connectivity index (χ3n) is 16.2. The van der Waals surface area contributed by atoms with E-state index in [4.69, 9.17) is 9.72 Å². The van der Waals surface area contributed by atoms with Gasteiger partial charge in [-0.2, -0.15) is 0 Å². The fourth-order valence-corrected chi connectivity index (χ4v) is 12.8. The van der Waals surface area contributed by atoms with E-state index < -0.39 is 0 Å². The second-order valence-electron chi connectivity index (χ2n) is 25.1. The zero-order chi connectivity index (χ0) is 58.8. The van der Waals surface area contributed by atoms with E-state index in [0.717, 1.165) is 105 Å². The Hall–Kier alpha value is -9.09. The number of fused-ring (bicyclic) bond motifs is 7. The van der Waals surface area contributed by atoms with Gasteiger partial charge in [0.2, 0.25) is 0 Å². The van der Waals surface area contributed by atoms with Crippen LogP contribution in [0.3, 0.4) is 0 Å². The molecule has 0 atom stereocenters. The van der Waals surface area contributed by atoms with Crippen LogP contribution in [-0.2, 0) is 35.6 Å². The zero-order valence-electron chi connectivity index (χ0n) is 49.6. The molecule has 0 radical (unpaired) electrons. The van der Waals surface area contributed by atoms with Crippen LogP contribution in [-0.4, -0.2) is 14.1 Å². The van der Waals surface area contributed by atoms with Crippen molar-refractivity contribution in [3.63, 3.8) is 0 Å². The standard InChI is InChI=1S/C78H67N5O.Pt/c1-76(2,3)55-40-43-70-67(46-55)63-35-20-22-37-69(63)82(58-30-17-12-18-31-58)68-36-21-19-34-62(68)64-42-41-61(51-73(64)83(70)74-49-56(44-45-79-74)77(4,5)6)84-60-33-25-32-59(50-60)80-52-81(72-39-24-23-38-71(72)80)75-65(53-26-13-10-14-27-53)47-57(78(7,8)9)48-66(75)54-28-15-11-16-29-54;/h10-49H,1-9H3;/q-2;. The van der Waals surface area contributed by atoms with Crippen LogP contribution in [0.5, 0.6) is 11.5 Å². The summed E-state index contributed by atoms with van der Waals surface area (Å²) in [4.78, 5) is 9.98. The Labute approximate surface area is 511 Å². The molecule has 0 bridgehead atoms. The van der Waals surface area contributed by atoms with Crippen LogP contribution < -0.4 is 14.5 Å². The maximum absolute atomic E-state index is 7.13. The van der Waals surface area contributed by atoms with E-state index >= 15 is 0 Å². The molecule has 422 valence electrons. The summed E-state index contributed by atoms with van der Waals surface area (Å²) in [5.41, 5.74) is 21.0. The summed E-state index contributed by atoms with van der Waals surface area (Å²) in [6.45, 7) is 20.5. The molecule has 3 heterocycles. The molecule has 0 saturated heterocycles. The molecule has 0 aliphatic carbocycles. The second kappa shape index (κ2) is 21.8. The SMILES string of the molecule is CC(C)(C)c1ccnc(N2c3[c-]c(Oc4[c-]c(-n5[c](=[Pt])n(-c6c(-c7ccccc7)cc(C(C)(C)C)cc6-c6ccccc6)c6ccccc65)ccc4)ccc3-c3ccccc3N(c3ccccc3)c3ccccc3-c3cc(C(C)(C)C)ccc32)c1. The molecule has 0 saturated carbocycles. The fourth-order valence-electron chi connectivity index (χ4n) is 11.8. The molecule has 10 aromatic carbocycles. The van der Waals surface area contributed by atoms with E-state index in [9.17, 15) is 0 Å². The van der Waals surface area contributed by atoms with Gasteiger partial charge in [0.1, 0.15) is 0 Å². The predicted octanol–water partition coefficient (Wildman–Crippen LogP) is 21.1. The molecule has 12 aromatic rings. The molecule has 1 aliphatic rings. The first-order chi connectivity index (χ1) is 41.0. The third kappa shape index (κ3) is 10.4. The number of anilines is 6. The summed E-state index contributed by atoms with van der Waals surface area (Å²) >= 11 is 2.52. The van der Waals surface area contributed by atoms with Crippen molar-refractivity contribution in [3.8, 4) is 67.4 Å². The van der Waals surface area contributed by atoms with Crippen LogP contribution >= 0.6 is 0 Å². The molecule has 0 amide bonds. The van der Waals surface area contributed by atoms with Crippen molar-refractivity contribution in [2.24, 2.45) is 0 Å². The summed E-state index contributed by atoms with van der Waals surface area (Å²) < 4.78 is 12.9. The Kier molecular flexibility index (Phi) is 14.2. The summed E-state index contributed by atoms with van der Waals surface area (Å²) in [6, 6.07) is 92.7. The second-order valence-corrected chi connectivity index (χ2v) is 26.1. The fraction of sp³-hybridized carbons (Fsp3) is 0.154. The van der Waals surface area contributed by atoms with Crippen molar-refractivity contribution in [2.45, 2.75) is 78.6 Å². The van der Waals surface area contributed by atoms with Crippen molar-refractivity contribution in [3.05, 3.63) is 275 Å². The summed E-state index contributed by atoms with van der Waals surface area (Å²) in [5, 5.41) is 0. The first-order valence-electron chi connectivity index (χ1n) is 29.2. The number of ether oxygens (including phenoxy) is 1. The number of para-hydroxylation sites is 5. The van der Waals surface area contributed by atoms with E-state index in [1.165, 1.54) is 16.7 Å². The average Bonchev–Trinajstić information content (AvgIpc) is 2.09. The van der Waals surface area contributed by atoms with Gasteiger partial charge >= 0.3 is 332 Å². The van der Waals surface area contributed by atoms with Crippen LogP contribution in [0.15, 0.2) is 243 Å². The summed E-state index contributed by atoms with van der Waals surface area (Å²) in [5.74, 6) is 1.86. The zero-order valence-corrected chi connectivity index (χ0v) is 51.8. The topological polar surface area (TPSA) is 38.5 Å². The molecular weight excluding hydrogens is 1220 g/mol. The van der Waals surface area contributed by atoms with Gasteiger partial charge in [-0.15, -0.1) is 0 Å². The molecular formula is C78H67N5OPt-2. The molecule has 0 fully saturated rings. The van der Waals surface area contributed by atoms with E-state index in [1.54, 1.807) is 0 Å². The number of imidazole rings is 1. The van der Waals surface area contributed by atoms with Gasteiger partial charge in [0, 0.05) is 17.4 Å². The number of pyridine rings is 1. The molecule has 0 spiro atoms. The Morgan fingerprint density at radius 1 is 0.388 bits per heavy atom. The molecule has 1 aliphatic heterocycles. The Balaban J connectivity index is 1.02. The Morgan fingerprint density at radius 2 is 0.894 bits per heavy atom. The molecule has 13 rings (SSSR count). The predicted molar refractivity (Wildman–Crippen MR) is 349 cm³/mol. The van der Waals surface area contributed by atoms with E-state index in [2.05, 4.69) is 337 Å². The molecule has 0 unspecified atom stereocenters. The quantitative estimate of drug-likeness (QED) is 0.142. The van der Waals surface area contributed by atoms with Crippen molar-refractivity contribution in [1.82, 2.24) is 14.1 Å². The van der Waals surface area contributed by atoms with E-state index in [-0.39, 0.29) is 16.2 Å². The molecule has 6 nitrogen and oxygen atoms in total. The van der Waals surface area contributed by atoms with E-state index in [1.807, 2.05) is 18.3 Å². The van der Waals surface area contributed by atoms with Gasteiger partial charge in [-0.1, -0.05) is 96.1 Å². The van der Waals surface area contributed by atoms with Crippen molar-refractivity contribution >= 4 is 45.3 Å². The van der Waals surface area contributed by atoms with Crippen molar-refractivity contribution in [1.29, 1.82) is 0 Å². The van der Waals surface area contributed by atoms with Crippen molar-refractivity contribution < 1.29 is 24.1 Å². The van der Waals surface area contributed by atoms with E-state index in [0.29, 0.717) is 11.5 Å². The summed E-state index contributed by atoms with van der Waals surface area (Å²) in [6.07, 6.45) is 1.94. The monoisotopic (exact) mass is 1280 g/mol. The van der Waals surface area contributed by atoms with Gasteiger partial charge in [0.15, 0.2) is 0 Å². The number of hydrogen-bond donors (Lipinski definition) is 0. The number of benzene rings is 10. The van der Waals surface area contributed by atoms with Gasteiger partial charge < -0.3 is 4.90 Å². The molecule has 2 aromatic heterocycles. The van der Waals surface area contributed by atoms with Crippen LogP contribution in [0.25, 0.3) is 66.9 Å². The number of aromatic nitrogens is 3. The van der Waals surface area contributed by atoms with Gasteiger partial charge in [0.05, 0.1) is 5.69 Å². The Bertz CT molecular complexity index is 4480. The average molecular weight is 1290 g/mol. The Morgan fingerprint density at radius 3 is 1.51 bits per heavy atom. The van der Waals surface area contributed by atoms with Gasteiger partial charge in [0.25, 0.3) is 0 Å². The number of nitrogens with zero attached hydrogens (tertiary/aromatic N) is 5. The van der Waals surface area contributed by atoms with Gasteiger partial charge in [-0.3, -0.25) is 0 Å². The van der Waals surface area contributed by atoms with Crippen LogP contribution in [0.1, 0.15) is 79.0 Å². The normalized spacial score (nSPS) is 12.6. The molecule has 0 N–H and O–H groups in total. The van der Waals surface area contributed by atoms with Crippen LogP contribution in [0.2, 0.25) is 0 Å². The number of rotatable bonds is 8. The first kappa shape index (κ1) is 55.1. The van der Waals surface area contributed by atoms with Crippen molar-refractivity contribution in [2.75, 3.05) is 9.80 Å². The van der Waals surface area contributed by atoms with Gasteiger partial charge in [-0.25, -0.2) is 0 Å².